The van der Waals surface area contributed by atoms with E-state index in [4.69, 9.17) is 14.5 Å². The molecule has 0 saturated carbocycles. The van der Waals surface area contributed by atoms with Gasteiger partial charge >= 0.3 is 0 Å². The molecule has 0 aliphatic carbocycles. The third-order valence-electron chi connectivity index (χ3n) is 4.96. The molecule has 1 aromatic heterocycles. The van der Waals surface area contributed by atoms with E-state index in [-0.39, 0.29) is 18.3 Å². The number of ether oxygens (including phenoxy) is 2. The first kappa shape index (κ1) is 25.4. The largest absolute Gasteiger partial charge is 0.493 e. The number of nitrogens with zero attached hydrogens (tertiary/aromatic N) is 3. The molecule has 2 aromatic carbocycles. The van der Waals surface area contributed by atoms with E-state index in [2.05, 4.69) is 34.7 Å². The second-order valence-corrected chi connectivity index (χ2v) is 8.59. The minimum atomic E-state index is -0.0681. The molecule has 0 spiro atoms. The first-order valence-corrected chi connectivity index (χ1v) is 11.4. The summed E-state index contributed by atoms with van der Waals surface area (Å²) in [5, 5.41) is 0.664. The van der Waals surface area contributed by atoms with Crippen LogP contribution >= 0.6 is 39.7 Å². The lowest BCUT2D eigenvalue weighted by Crippen LogP contribution is -2.38. The highest BCUT2D eigenvalue weighted by Crippen LogP contribution is 2.37. The Hall–Kier alpha value is -1.87. The number of amides is 1. The Kier molecular flexibility index (Phi) is 9.55. The SMILES string of the molecule is CCN(CC)CCN(C(=O)c1cccc(Br)c1)c1nc2cc(OC)c(OC)cc2s1.Cl. The van der Waals surface area contributed by atoms with Crippen molar-refractivity contribution in [3.8, 4) is 11.5 Å². The molecule has 0 unspecified atom stereocenters. The molecule has 0 aliphatic rings. The van der Waals surface area contributed by atoms with Gasteiger partial charge in [-0.1, -0.05) is 47.2 Å². The second-order valence-electron chi connectivity index (χ2n) is 6.67. The molecule has 0 atom stereocenters. The molecule has 3 aromatic rings. The lowest BCUT2D eigenvalue weighted by atomic mass is 10.2. The van der Waals surface area contributed by atoms with Crippen molar-refractivity contribution in [2.45, 2.75) is 13.8 Å². The topological polar surface area (TPSA) is 54.9 Å². The molecule has 0 bridgehead atoms. The highest BCUT2D eigenvalue weighted by atomic mass is 79.9. The maximum Gasteiger partial charge on any atom is 0.260 e. The van der Waals surface area contributed by atoms with E-state index in [0.717, 1.165) is 34.3 Å². The van der Waals surface area contributed by atoms with Crippen LogP contribution in [0.4, 0.5) is 5.13 Å². The Labute approximate surface area is 201 Å². The molecule has 1 amide bonds. The quantitative estimate of drug-likeness (QED) is 0.368. The van der Waals surface area contributed by atoms with Crippen LogP contribution in [0.2, 0.25) is 0 Å². The molecule has 0 saturated heterocycles. The lowest BCUT2D eigenvalue weighted by Gasteiger charge is -2.24. The number of methoxy groups -OCH3 is 2. The van der Waals surface area contributed by atoms with E-state index in [9.17, 15) is 4.79 Å². The molecule has 0 fully saturated rings. The molecular formula is C22H27BrClN3O3S. The van der Waals surface area contributed by atoms with E-state index in [1.165, 1.54) is 11.3 Å². The van der Waals surface area contributed by atoms with Crippen LogP contribution in [0.5, 0.6) is 11.5 Å². The molecule has 0 radical (unpaired) electrons. The number of fused-ring (bicyclic) bond motifs is 1. The number of aromatic nitrogens is 1. The molecule has 168 valence electrons. The van der Waals surface area contributed by atoms with E-state index >= 15 is 0 Å². The smallest absolute Gasteiger partial charge is 0.260 e. The van der Waals surface area contributed by atoms with Crippen molar-refractivity contribution in [3.05, 3.63) is 46.4 Å². The summed E-state index contributed by atoms with van der Waals surface area (Å²) >= 11 is 4.94. The summed E-state index contributed by atoms with van der Waals surface area (Å²) in [6.45, 7) is 7.45. The van der Waals surface area contributed by atoms with E-state index in [1.54, 1.807) is 19.1 Å². The van der Waals surface area contributed by atoms with Crippen molar-refractivity contribution in [1.29, 1.82) is 0 Å². The zero-order chi connectivity index (χ0) is 21.7. The number of thiazole rings is 1. The predicted octanol–water partition coefficient (Wildman–Crippen LogP) is 5.49. The molecule has 6 nitrogen and oxygen atoms in total. The fourth-order valence-corrected chi connectivity index (χ4v) is 4.60. The first-order chi connectivity index (χ1) is 14.5. The number of likely N-dealkylation sites (N-methyl/N-ethyl adjacent to an activating group) is 1. The van der Waals surface area contributed by atoms with Crippen molar-refractivity contribution in [1.82, 2.24) is 9.88 Å². The second kappa shape index (κ2) is 11.7. The Morgan fingerprint density at radius 3 is 2.35 bits per heavy atom. The standard InChI is InChI=1S/C22H26BrN3O3S.ClH/c1-5-25(6-2)10-11-26(21(27)15-8-7-9-16(23)12-15)22-24-17-13-18(28-3)19(29-4)14-20(17)30-22;/h7-9,12-14H,5-6,10-11H2,1-4H3;1H. The fourth-order valence-electron chi connectivity index (χ4n) is 3.20. The van der Waals surface area contributed by atoms with Crippen molar-refractivity contribution < 1.29 is 14.3 Å². The monoisotopic (exact) mass is 527 g/mol. The van der Waals surface area contributed by atoms with Crippen LogP contribution in [0, 0.1) is 0 Å². The van der Waals surface area contributed by atoms with Crippen LogP contribution < -0.4 is 14.4 Å². The summed E-state index contributed by atoms with van der Waals surface area (Å²) in [5.74, 6) is 1.20. The van der Waals surface area contributed by atoms with Crippen molar-refractivity contribution in [2.75, 3.05) is 45.3 Å². The van der Waals surface area contributed by atoms with Gasteiger partial charge in [-0.15, -0.1) is 12.4 Å². The van der Waals surface area contributed by atoms with Gasteiger partial charge in [0, 0.05) is 35.3 Å². The minimum Gasteiger partial charge on any atom is -0.493 e. The predicted molar refractivity (Wildman–Crippen MR) is 134 cm³/mol. The van der Waals surface area contributed by atoms with Gasteiger partial charge in [-0.25, -0.2) is 4.98 Å². The maximum absolute atomic E-state index is 13.4. The van der Waals surface area contributed by atoms with Gasteiger partial charge in [0.05, 0.1) is 24.4 Å². The number of hydrogen-bond acceptors (Lipinski definition) is 6. The summed E-state index contributed by atoms with van der Waals surface area (Å²) in [6, 6.07) is 11.2. The van der Waals surface area contributed by atoms with Crippen LogP contribution in [0.1, 0.15) is 24.2 Å². The molecule has 0 N–H and O–H groups in total. The molecule has 1 heterocycles. The summed E-state index contributed by atoms with van der Waals surface area (Å²) < 4.78 is 12.6. The molecule has 31 heavy (non-hydrogen) atoms. The van der Waals surface area contributed by atoms with Crippen LogP contribution in [-0.2, 0) is 0 Å². The van der Waals surface area contributed by atoms with Crippen molar-refractivity contribution in [2.24, 2.45) is 0 Å². The van der Waals surface area contributed by atoms with Crippen molar-refractivity contribution in [3.63, 3.8) is 0 Å². The molecular weight excluding hydrogens is 502 g/mol. The number of hydrogen-bond donors (Lipinski definition) is 0. The Morgan fingerprint density at radius 1 is 1.06 bits per heavy atom. The van der Waals surface area contributed by atoms with Gasteiger partial charge in [-0.2, -0.15) is 0 Å². The molecule has 9 heteroatoms. The number of benzene rings is 2. The average Bonchev–Trinajstić information content (AvgIpc) is 3.17. The van der Waals surface area contributed by atoms with E-state index < -0.39 is 0 Å². The number of carbonyl (C=O) groups is 1. The van der Waals surface area contributed by atoms with Gasteiger partial charge in [0.15, 0.2) is 16.6 Å². The summed E-state index contributed by atoms with van der Waals surface area (Å²) in [4.78, 5) is 22.2. The van der Waals surface area contributed by atoms with Gasteiger partial charge in [-0.05, 0) is 31.3 Å². The van der Waals surface area contributed by atoms with E-state index in [0.29, 0.717) is 28.7 Å². The third kappa shape index (κ3) is 5.88. The zero-order valence-corrected chi connectivity index (χ0v) is 21.3. The van der Waals surface area contributed by atoms with Gasteiger partial charge in [-0.3, -0.25) is 9.69 Å². The fraction of sp³-hybridized carbons (Fsp3) is 0.364. The number of anilines is 1. The molecule has 0 aliphatic heterocycles. The highest BCUT2D eigenvalue weighted by molar-refractivity contribution is 9.10. The summed E-state index contributed by atoms with van der Waals surface area (Å²) in [6.07, 6.45) is 0. The number of rotatable bonds is 9. The average molecular weight is 529 g/mol. The molecule has 3 rings (SSSR count). The van der Waals surface area contributed by atoms with Gasteiger partial charge in [0.2, 0.25) is 0 Å². The Balaban J connectivity index is 0.00000341. The zero-order valence-electron chi connectivity index (χ0n) is 18.1. The maximum atomic E-state index is 13.4. The van der Waals surface area contributed by atoms with Crippen LogP contribution in [0.15, 0.2) is 40.9 Å². The van der Waals surface area contributed by atoms with Gasteiger partial charge in [0.25, 0.3) is 5.91 Å². The van der Waals surface area contributed by atoms with Crippen LogP contribution in [0.3, 0.4) is 0 Å². The summed E-state index contributed by atoms with van der Waals surface area (Å²) in [7, 11) is 3.21. The third-order valence-corrected chi connectivity index (χ3v) is 6.50. The van der Waals surface area contributed by atoms with Crippen molar-refractivity contribution >= 4 is 60.9 Å². The van der Waals surface area contributed by atoms with Gasteiger partial charge < -0.3 is 14.4 Å². The first-order valence-electron chi connectivity index (χ1n) is 9.83. The van der Waals surface area contributed by atoms with Crippen LogP contribution in [0.25, 0.3) is 10.2 Å². The Bertz CT molecular complexity index is 985. The number of carbonyl (C=O) groups excluding carboxylic acids is 1. The Morgan fingerprint density at radius 2 is 1.74 bits per heavy atom. The lowest BCUT2D eigenvalue weighted by molar-refractivity contribution is 0.0983. The number of halogens is 2. The van der Waals surface area contributed by atoms with Gasteiger partial charge in [0.1, 0.15) is 0 Å². The van der Waals surface area contributed by atoms with Crippen LogP contribution in [-0.4, -0.2) is 56.2 Å². The highest BCUT2D eigenvalue weighted by Gasteiger charge is 2.23. The normalized spacial score (nSPS) is 10.8. The summed E-state index contributed by atoms with van der Waals surface area (Å²) in [5.41, 5.74) is 1.40. The minimum absolute atomic E-state index is 0. The van der Waals surface area contributed by atoms with E-state index in [1.807, 2.05) is 36.4 Å².